The summed E-state index contributed by atoms with van der Waals surface area (Å²) in [6.07, 6.45) is 2.15. The molecular weight excluding hydrogens is 288 g/mol. The van der Waals surface area contributed by atoms with Gasteiger partial charge in [0, 0.05) is 0 Å². The maximum Gasteiger partial charge on any atom is 0.297 e. The quantitative estimate of drug-likeness (QED) is 0.868. The van der Waals surface area contributed by atoms with Gasteiger partial charge in [0.05, 0.1) is 17.1 Å². The fourth-order valence-corrected chi connectivity index (χ4v) is 5.06. The van der Waals surface area contributed by atoms with Gasteiger partial charge in [-0.05, 0) is 63.0 Å². The van der Waals surface area contributed by atoms with E-state index in [1.54, 1.807) is 24.3 Å². The van der Waals surface area contributed by atoms with Gasteiger partial charge in [-0.3, -0.25) is 4.18 Å². The number of aliphatic hydroxyl groups is 1. The Bertz CT molecular complexity index is 608. The number of hydrogen-bond donors (Lipinski definition) is 1. The van der Waals surface area contributed by atoms with Crippen molar-refractivity contribution in [1.29, 1.82) is 0 Å². The molecule has 0 aliphatic heterocycles. The lowest BCUT2D eigenvalue weighted by atomic mass is 9.83. The second-order valence-electron chi connectivity index (χ2n) is 6.54. The van der Waals surface area contributed by atoms with Crippen LogP contribution in [0.15, 0.2) is 29.2 Å². The molecule has 21 heavy (non-hydrogen) atoms. The lowest BCUT2D eigenvalue weighted by Gasteiger charge is -2.30. The van der Waals surface area contributed by atoms with Crippen LogP contribution in [0.5, 0.6) is 0 Å². The van der Waals surface area contributed by atoms with Crippen molar-refractivity contribution < 1.29 is 17.7 Å². The molecule has 4 nitrogen and oxygen atoms in total. The Hall–Kier alpha value is -0.910. The van der Waals surface area contributed by atoms with Crippen molar-refractivity contribution in [3.8, 4) is 0 Å². The SMILES string of the molecule is Cc1ccc(S(=O)(=O)O[C@@H](C)[C@@H]2C[C@@H]3C[C@H]2[C@@H](O)C3)cc1. The summed E-state index contributed by atoms with van der Waals surface area (Å²) in [4.78, 5) is 0.198. The number of benzene rings is 1. The number of rotatable bonds is 4. The van der Waals surface area contributed by atoms with Gasteiger partial charge in [0.1, 0.15) is 0 Å². The molecular formula is C16H22O4S. The molecule has 0 saturated heterocycles. The predicted molar refractivity (Wildman–Crippen MR) is 79.2 cm³/mol. The molecule has 0 unspecified atom stereocenters. The fraction of sp³-hybridized carbons (Fsp3) is 0.625. The highest BCUT2D eigenvalue weighted by atomic mass is 32.2. The molecule has 1 aromatic rings. The van der Waals surface area contributed by atoms with E-state index in [-0.39, 0.29) is 28.9 Å². The van der Waals surface area contributed by atoms with E-state index in [4.69, 9.17) is 4.18 Å². The molecule has 0 amide bonds. The largest absolute Gasteiger partial charge is 0.393 e. The van der Waals surface area contributed by atoms with Gasteiger partial charge in [-0.15, -0.1) is 0 Å². The first-order valence-corrected chi connectivity index (χ1v) is 8.95. The van der Waals surface area contributed by atoms with Crippen molar-refractivity contribution in [2.45, 2.75) is 50.2 Å². The molecule has 0 spiro atoms. The summed E-state index contributed by atoms with van der Waals surface area (Å²) >= 11 is 0. The summed E-state index contributed by atoms with van der Waals surface area (Å²) in [6, 6.07) is 6.68. The molecule has 2 bridgehead atoms. The molecule has 3 rings (SSSR count). The van der Waals surface area contributed by atoms with E-state index < -0.39 is 10.1 Å². The molecule has 1 aromatic carbocycles. The maximum absolute atomic E-state index is 12.3. The van der Waals surface area contributed by atoms with Gasteiger partial charge < -0.3 is 5.11 Å². The number of fused-ring (bicyclic) bond motifs is 2. The summed E-state index contributed by atoms with van der Waals surface area (Å²) in [5, 5.41) is 9.98. The zero-order valence-corrected chi connectivity index (χ0v) is 13.2. The Labute approximate surface area is 126 Å². The molecule has 1 N–H and O–H groups in total. The fourth-order valence-electron chi connectivity index (χ4n) is 3.94. The van der Waals surface area contributed by atoms with Crippen LogP contribution in [-0.4, -0.2) is 25.7 Å². The number of hydrogen-bond acceptors (Lipinski definition) is 4. The van der Waals surface area contributed by atoms with Crippen LogP contribution in [-0.2, 0) is 14.3 Å². The van der Waals surface area contributed by atoms with Crippen molar-refractivity contribution >= 4 is 10.1 Å². The lowest BCUT2D eigenvalue weighted by Crippen LogP contribution is -2.34. The van der Waals surface area contributed by atoms with Crippen LogP contribution in [0.3, 0.4) is 0 Å². The van der Waals surface area contributed by atoms with Crippen LogP contribution in [0.4, 0.5) is 0 Å². The zero-order valence-electron chi connectivity index (χ0n) is 12.4. The van der Waals surface area contributed by atoms with Crippen LogP contribution in [0, 0.1) is 24.7 Å². The molecule has 116 valence electrons. The van der Waals surface area contributed by atoms with Gasteiger partial charge in [-0.1, -0.05) is 17.7 Å². The molecule has 2 aliphatic carbocycles. The van der Waals surface area contributed by atoms with E-state index in [1.165, 1.54) is 0 Å². The van der Waals surface area contributed by atoms with Gasteiger partial charge in [-0.25, -0.2) is 0 Å². The predicted octanol–water partition coefficient (Wildman–Crippen LogP) is 2.50. The second-order valence-corrected chi connectivity index (χ2v) is 8.11. The summed E-state index contributed by atoms with van der Waals surface area (Å²) in [5.41, 5.74) is 1.01. The van der Waals surface area contributed by atoms with Crippen LogP contribution in [0.2, 0.25) is 0 Å². The molecule has 5 heteroatoms. The topological polar surface area (TPSA) is 63.6 Å². The Balaban J connectivity index is 1.72. The van der Waals surface area contributed by atoms with Crippen molar-refractivity contribution in [3.05, 3.63) is 29.8 Å². The first kappa shape index (κ1) is 15.0. The highest BCUT2D eigenvalue weighted by molar-refractivity contribution is 7.86. The van der Waals surface area contributed by atoms with E-state index in [0.29, 0.717) is 5.92 Å². The average molecular weight is 310 g/mol. The Morgan fingerprint density at radius 1 is 1.19 bits per heavy atom. The van der Waals surface area contributed by atoms with Crippen LogP contribution in [0.1, 0.15) is 31.7 Å². The normalized spacial score (nSPS) is 33.3. The smallest absolute Gasteiger partial charge is 0.297 e. The Kier molecular flexibility index (Phi) is 3.84. The highest BCUT2D eigenvalue weighted by Crippen LogP contribution is 2.50. The lowest BCUT2D eigenvalue weighted by molar-refractivity contribution is 0.0331. The molecule has 2 saturated carbocycles. The van der Waals surface area contributed by atoms with Crippen LogP contribution >= 0.6 is 0 Å². The van der Waals surface area contributed by atoms with E-state index in [2.05, 4.69) is 0 Å². The van der Waals surface area contributed by atoms with Crippen LogP contribution < -0.4 is 0 Å². The molecule has 0 radical (unpaired) electrons. The van der Waals surface area contributed by atoms with E-state index in [9.17, 15) is 13.5 Å². The first-order valence-electron chi connectivity index (χ1n) is 7.55. The van der Waals surface area contributed by atoms with Crippen LogP contribution in [0.25, 0.3) is 0 Å². The minimum absolute atomic E-state index is 0.138. The van der Waals surface area contributed by atoms with Gasteiger partial charge in [-0.2, -0.15) is 8.42 Å². The minimum Gasteiger partial charge on any atom is -0.393 e. The highest BCUT2D eigenvalue weighted by Gasteiger charge is 2.48. The molecule has 0 aromatic heterocycles. The Morgan fingerprint density at radius 2 is 1.86 bits per heavy atom. The molecule has 2 aliphatic rings. The third kappa shape index (κ3) is 2.87. The van der Waals surface area contributed by atoms with Gasteiger partial charge in [0.15, 0.2) is 0 Å². The van der Waals surface area contributed by atoms with E-state index >= 15 is 0 Å². The monoisotopic (exact) mass is 310 g/mol. The van der Waals surface area contributed by atoms with Gasteiger partial charge in [0.2, 0.25) is 0 Å². The second kappa shape index (κ2) is 5.38. The third-order valence-corrected chi connectivity index (χ3v) is 6.43. The number of aryl methyl sites for hydroxylation is 1. The van der Waals surface area contributed by atoms with Crippen molar-refractivity contribution in [1.82, 2.24) is 0 Å². The molecule has 2 fully saturated rings. The van der Waals surface area contributed by atoms with Gasteiger partial charge >= 0.3 is 0 Å². The summed E-state index contributed by atoms with van der Waals surface area (Å²) in [5.74, 6) is 0.861. The van der Waals surface area contributed by atoms with E-state index in [1.807, 2.05) is 13.8 Å². The number of aliphatic hydroxyl groups excluding tert-OH is 1. The summed E-state index contributed by atoms with van der Waals surface area (Å²) in [7, 11) is -3.73. The van der Waals surface area contributed by atoms with Crippen molar-refractivity contribution in [2.24, 2.45) is 17.8 Å². The van der Waals surface area contributed by atoms with Crippen molar-refractivity contribution in [2.75, 3.05) is 0 Å². The minimum atomic E-state index is -3.73. The maximum atomic E-state index is 12.3. The molecule has 5 atom stereocenters. The van der Waals surface area contributed by atoms with E-state index in [0.717, 1.165) is 24.8 Å². The molecule has 0 heterocycles. The van der Waals surface area contributed by atoms with Gasteiger partial charge in [0.25, 0.3) is 10.1 Å². The standard InChI is InChI=1S/C16H22O4S/c1-10-3-5-13(6-4-10)21(18,19)20-11(2)14-7-12-8-15(14)16(17)9-12/h3-6,11-12,14-17H,7-9H2,1-2H3/t11-,12+,14-,15+,16-/m0/s1. The summed E-state index contributed by atoms with van der Waals surface area (Å²) < 4.78 is 30.0. The van der Waals surface area contributed by atoms with Crippen molar-refractivity contribution in [3.63, 3.8) is 0 Å². The third-order valence-electron chi connectivity index (χ3n) is 5.02. The summed E-state index contributed by atoms with van der Waals surface area (Å²) in [6.45, 7) is 3.72. The average Bonchev–Trinajstić information content (AvgIpc) is 2.97. The zero-order chi connectivity index (χ0) is 15.2. The first-order chi connectivity index (χ1) is 9.87. The Morgan fingerprint density at radius 3 is 2.43 bits per heavy atom.